The molecule has 1 amide bonds. The zero-order chi connectivity index (χ0) is 13.9. The number of nitrogens with one attached hydrogen (secondary N) is 2. The van der Waals surface area contributed by atoms with Crippen LogP contribution < -0.4 is 10.6 Å². The minimum atomic E-state index is -0.324. The number of rotatable bonds is 4. The molecule has 0 radical (unpaired) electrons. The van der Waals surface area contributed by atoms with Gasteiger partial charge in [-0.15, -0.1) is 0 Å². The van der Waals surface area contributed by atoms with E-state index in [-0.39, 0.29) is 17.4 Å². The fraction of sp³-hybridized carbons (Fsp3) is 0.533. The lowest BCUT2D eigenvalue weighted by Gasteiger charge is -2.28. The number of anilines is 1. The molecule has 0 fully saturated rings. The number of ether oxygens (including phenoxy) is 1. The second kappa shape index (κ2) is 5.61. The Kier molecular flexibility index (Phi) is 4.10. The lowest BCUT2D eigenvalue weighted by Crippen LogP contribution is -2.44. The fourth-order valence-electron chi connectivity index (χ4n) is 2.14. The number of para-hydroxylation sites is 1. The first-order chi connectivity index (χ1) is 9.02. The van der Waals surface area contributed by atoms with Crippen molar-refractivity contribution in [1.82, 2.24) is 5.32 Å². The fourth-order valence-corrected chi connectivity index (χ4v) is 2.14. The van der Waals surface area contributed by atoms with Crippen LogP contribution in [0.5, 0.6) is 0 Å². The average Bonchev–Trinajstić information content (AvgIpc) is 2.44. The highest BCUT2D eigenvalue weighted by atomic mass is 16.5. The van der Waals surface area contributed by atoms with Crippen molar-refractivity contribution in [3.8, 4) is 0 Å². The summed E-state index contributed by atoms with van der Waals surface area (Å²) >= 11 is 0. The van der Waals surface area contributed by atoms with Crippen molar-refractivity contribution >= 4 is 11.6 Å². The molecule has 104 valence electrons. The van der Waals surface area contributed by atoms with Gasteiger partial charge in [0.1, 0.15) is 0 Å². The molecule has 1 aliphatic rings. The second-order valence-electron chi connectivity index (χ2n) is 5.62. The molecular weight excluding hydrogens is 240 g/mol. The van der Waals surface area contributed by atoms with Crippen LogP contribution in [0.3, 0.4) is 0 Å². The van der Waals surface area contributed by atoms with Crippen molar-refractivity contribution in [3.63, 3.8) is 0 Å². The number of fused-ring (bicyclic) bond motifs is 1. The van der Waals surface area contributed by atoms with Gasteiger partial charge in [-0.1, -0.05) is 18.2 Å². The number of amides is 1. The maximum atomic E-state index is 12.2. The van der Waals surface area contributed by atoms with E-state index >= 15 is 0 Å². The van der Waals surface area contributed by atoms with E-state index in [0.717, 1.165) is 12.1 Å². The van der Waals surface area contributed by atoms with E-state index < -0.39 is 0 Å². The Bertz CT molecular complexity index is 457. The van der Waals surface area contributed by atoms with Crippen LogP contribution in [-0.2, 0) is 16.0 Å². The van der Waals surface area contributed by atoms with Gasteiger partial charge in [-0.05, 0) is 31.9 Å². The van der Waals surface area contributed by atoms with Crippen LogP contribution in [0.15, 0.2) is 24.3 Å². The van der Waals surface area contributed by atoms with Crippen molar-refractivity contribution in [3.05, 3.63) is 29.8 Å². The molecule has 1 aromatic carbocycles. The van der Waals surface area contributed by atoms with Crippen LogP contribution in [0.4, 0.5) is 5.69 Å². The molecule has 1 unspecified atom stereocenters. The molecule has 0 bridgehead atoms. The van der Waals surface area contributed by atoms with Crippen LogP contribution in [-0.4, -0.2) is 31.7 Å². The Morgan fingerprint density at radius 1 is 1.47 bits per heavy atom. The highest BCUT2D eigenvalue weighted by Gasteiger charge is 2.26. The molecule has 2 N–H and O–H groups in total. The molecule has 0 saturated carbocycles. The minimum absolute atomic E-state index is 0.0115. The molecule has 2 rings (SSSR count). The number of methoxy groups -OCH3 is 1. The Balaban J connectivity index is 1.92. The smallest absolute Gasteiger partial charge is 0.225 e. The first kappa shape index (κ1) is 13.9. The minimum Gasteiger partial charge on any atom is -0.384 e. The van der Waals surface area contributed by atoms with Gasteiger partial charge >= 0.3 is 0 Å². The summed E-state index contributed by atoms with van der Waals surface area (Å²) < 4.78 is 5.30. The first-order valence-electron chi connectivity index (χ1n) is 6.66. The van der Waals surface area contributed by atoms with Crippen molar-refractivity contribution < 1.29 is 9.53 Å². The summed E-state index contributed by atoms with van der Waals surface area (Å²) in [6, 6.07) is 8.14. The summed E-state index contributed by atoms with van der Waals surface area (Å²) in [6.07, 6.45) is 0.794. The Morgan fingerprint density at radius 3 is 2.95 bits per heavy atom. The van der Waals surface area contributed by atoms with Gasteiger partial charge < -0.3 is 15.4 Å². The highest BCUT2D eigenvalue weighted by molar-refractivity contribution is 5.80. The van der Waals surface area contributed by atoms with E-state index in [9.17, 15) is 4.79 Å². The van der Waals surface area contributed by atoms with Gasteiger partial charge in [0, 0.05) is 25.9 Å². The van der Waals surface area contributed by atoms with Crippen LogP contribution in [0, 0.1) is 5.92 Å². The Labute approximate surface area is 114 Å². The van der Waals surface area contributed by atoms with Crippen molar-refractivity contribution in [2.45, 2.75) is 25.9 Å². The summed E-state index contributed by atoms with van der Waals surface area (Å²) in [6.45, 7) is 5.14. The van der Waals surface area contributed by atoms with Crippen LogP contribution >= 0.6 is 0 Å². The van der Waals surface area contributed by atoms with E-state index in [1.165, 1.54) is 5.56 Å². The molecule has 1 aromatic rings. The second-order valence-corrected chi connectivity index (χ2v) is 5.62. The largest absolute Gasteiger partial charge is 0.384 e. The highest BCUT2D eigenvalue weighted by Crippen LogP contribution is 2.24. The zero-order valence-electron chi connectivity index (χ0n) is 11.8. The predicted molar refractivity (Wildman–Crippen MR) is 76.2 cm³/mol. The molecular formula is C15H22N2O2. The van der Waals surface area contributed by atoms with Gasteiger partial charge in [0.25, 0.3) is 0 Å². The van der Waals surface area contributed by atoms with Crippen molar-refractivity contribution in [2.75, 3.05) is 25.5 Å². The molecule has 0 aromatic heterocycles. The molecule has 0 spiro atoms. The van der Waals surface area contributed by atoms with Crippen LogP contribution in [0.25, 0.3) is 0 Å². The molecule has 1 atom stereocenters. The molecule has 1 heterocycles. The summed E-state index contributed by atoms with van der Waals surface area (Å²) in [5.74, 6) is 0.0784. The molecule has 0 saturated heterocycles. The molecule has 19 heavy (non-hydrogen) atoms. The quantitative estimate of drug-likeness (QED) is 0.870. The number of carbonyl (C=O) groups excluding carboxylic acids is 1. The number of carbonyl (C=O) groups is 1. The standard InChI is InChI=1S/C15H22N2O2/c1-15(2,19-3)10-17-14(18)12-8-11-6-4-5-7-13(11)16-9-12/h4-7,12,16H,8-10H2,1-3H3,(H,17,18). The summed E-state index contributed by atoms with van der Waals surface area (Å²) in [5.41, 5.74) is 2.03. The Hall–Kier alpha value is -1.55. The topological polar surface area (TPSA) is 50.4 Å². The zero-order valence-corrected chi connectivity index (χ0v) is 11.8. The third-order valence-corrected chi connectivity index (χ3v) is 3.63. The molecule has 0 aliphatic carbocycles. The third kappa shape index (κ3) is 3.47. The molecule has 4 nitrogen and oxygen atoms in total. The van der Waals surface area contributed by atoms with Gasteiger partial charge in [-0.25, -0.2) is 0 Å². The summed E-state index contributed by atoms with van der Waals surface area (Å²) in [7, 11) is 1.66. The van der Waals surface area contributed by atoms with Gasteiger partial charge in [0.15, 0.2) is 0 Å². The molecule has 1 aliphatic heterocycles. The lowest BCUT2D eigenvalue weighted by molar-refractivity contribution is -0.125. The average molecular weight is 262 g/mol. The number of benzene rings is 1. The van der Waals surface area contributed by atoms with E-state index in [4.69, 9.17) is 4.74 Å². The third-order valence-electron chi connectivity index (χ3n) is 3.63. The van der Waals surface area contributed by atoms with Crippen molar-refractivity contribution in [1.29, 1.82) is 0 Å². The molecule has 4 heteroatoms. The predicted octanol–water partition coefficient (Wildman–Crippen LogP) is 1.81. The van der Waals surface area contributed by atoms with Gasteiger partial charge in [0.2, 0.25) is 5.91 Å². The lowest BCUT2D eigenvalue weighted by atomic mass is 9.93. The van der Waals surface area contributed by atoms with E-state index in [2.05, 4.69) is 22.8 Å². The monoisotopic (exact) mass is 262 g/mol. The van der Waals surface area contributed by atoms with E-state index in [0.29, 0.717) is 13.1 Å². The summed E-state index contributed by atoms with van der Waals surface area (Å²) in [4.78, 5) is 12.2. The normalized spacial score (nSPS) is 18.4. The van der Waals surface area contributed by atoms with Crippen molar-refractivity contribution in [2.24, 2.45) is 5.92 Å². The van der Waals surface area contributed by atoms with E-state index in [1.807, 2.05) is 26.0 Å². The van der Waals surface area contributed by atoms with Gasteiger partial charge in [-0.3, -0.25) is 4.79 Å². The number of hydrogen-bond acceptors (Lipinski definition) is 3. The van der Waals surface area contributed by atoms with Crippen LogP contribution in [0.2, 0.25) is 0 Å². The first-order valence-corrected chi connectivity index (χ1v) is 6.66. The Morgan fingerprint density at radius 2 is 2.21 bits per heavy atom. The van der Waals surface area contributed by atoms with Crippen LogP contribution in [0.1, 0.15) is 19.4 Å². The maximum Gasteiger partial charge on any atom is 0.225 e. The van der Waals surface area contributed by atoms with Gasteiger partial charge in [0.05, 0.1) is 11.5 Å². The van der Waals surface area contributed by atoms with E-state index in [1.54, 1.807) is 7.11 Å². The summed E-state index contributed by atoms with van der Waals surface area (Å²) in [5, 5.41) is 6.28. The van der Waals surface area contributed by atoms with Gasteiger partial charge in [-0.2, -0.15) is 0 Å². The maximum absolute atomic E-state index is 12.2. The number of hydrogen-bond donors (Lipinski definition) is 2. The SMILES string of the molecule is COC(C)(C)CNC(=O)C1CNc2ccccc2C1.